The van der Waals surface area contributed by atoms with Crippen molar-refractivity contribution < 1.29 is 18.6 Å². The van der Waals surface area contributed by atoms with Gasteiger partial charge in [0.05, 0.1) is 25.4 Å². The summed E-state index contributed by atoms with van der Waals surface area (Å²) >= 11 is 1.57. The van der Waals surface area contributed by atoms with Crippen LogP contribution in [0.1, 0.15) is 18.1 Å². The third-order valence-corrected chi connectivity index (χ3v) is 7.22. The Morgan fingerprint density at radius 1 is 1.03 bits per heavy atom. The van der Waals surface area contributed by atoms with Crippen molar-refractivity contribution in [2.45, 2.75) is 49.9 Å². The summed E-state index contributed by atoms with van der Waals surface area (Å²) in [6, 6.07) is 19.8. The molecule has 0 aliphatic carbocycles. The van der Waals surface area contributed by atoms with E-state index in [1.54, 1.807) is 11.8 Å². The van der Waals surface area contributed by atoms with E-state index in [1.165, 1.54) is 0 Å². The topological polar surface area (TPSA) is 43.3 Å². The Balaban J connectivity index is 1.50. The molecule has 1 saturated heterocycles. The van der Waals surface area contributed by atoms with E-state index >= 15 is 0 Å². The Morgan fingerprint density at radius 3 is 2.25 bits per heavy atom. The molecular weight excluding hydrogens is 427 g/mol. The van der Waals surface area contributed by atoms with E-state index in [-0.39, 0.29) is 23.5 Å². The zero-order valence-corrected chi connectivity index (χ0v) is 19.6. The lowest BCUT2D eigenvalue weighted by Crippen LogP contribution is -2.55. The number of nitrogens with zero attached hydrogens (tertiary/aromatic N) is 2. The number of rotatable bonds is 8. The summed E-state index contributed by atoms with van der Waals surface area (Å²) in [7, 11) is 3.94. The maximum absolute atomic E-state index is 14.2. The second-order valence-electron chi connectivity index (χ2n) is 8.49. The minimum atomic E-state index is -0.669. The van der Waals surface area contributed by atoms with Crippen LogP contribution in [0.25, 0.3) is 0 Å². The van der Waals surface area contributed by atoms with Crippen LogP contribution in [0.5, 0.6) is 0 Å². The van der Waals surface area contributed by atoms with E-state index in [9.17, 15) is 4.39 Å². The van der Waals surface area contributed by atoms with E-state index in [0.29, 0.717) is 13.2 Å². The fourth-order valence-electron chi connectivity index (χ4n) is 4.17. The molecule has 0 radical (unpaired) electrons. The fourth-order valence-corrected chi connectivity index (χ4v) is 5.31. The number of thioether (sulfide) groups is 1. The van der Waals surface area contributed by atoms with Gasteiger partial charge in [-0.3, -0.25) is 4.99 Å². The number of hydrogen-bond acceptors (Lipinski definition) is 6. The van der Waals surface area contributed by atoms with Gasteiger partial charge in [0.25, 0.3) is 0 Å². The molecule has 0 aromatic heterocycles. The van der Waals surface area contributed by atoms with E-state index in [2.05, 4.69) is 6.92 Å². The maximum Gasteiger partial charge on any atom is 0.161 e. The van der Waals surface area contributed by atoms with E-state index < -0.39 is 18.9 Å². The summed E-state index contributed by atoms with van der Waals surface area (Å²) in [5.74, 6) is -0.0812. The van der Waals surface area contributed by atoms with Gasteiger partial charge in [-0.15, -0.1) is 0 Å². The second-order valence-corrected chi connectivity index (χ2v) is 9.56. The molecule has 2 aliphatic heterocycles. The summed E-state index contributed by atoms with van der Waals surface area (Å²) in [6.45, 7) is 2.27. The van der Waals surface area contributed by atoms with Crippen molar-refractivity contribution in [2.24, 2.45) is 10.9 Å². The number of aliphatic imine (C=N–C) groups is 1. The van der Waals surface area contributed by atoms with Gasteiger partial charge in [0, 0.05) is 20.0 Å². The first kappa shape index (κ1) is 23.2. The number of fused-ring (bicyclic) bond motifs is 1. The Bertz CT molecular complexity index is 883. The van der Waals surface area contributed by atoms with Crippen LogP contribution >= 0.6 is 11.8 Å². The van der Waals surface area contributed by atoms with Crippen molar-refractivity contribution in [3.05, 3.63) is 71.8 Å². The highest BCUT2D eigenvalue weighted by Crippen LogP contribution is 2.42. The Kier molecular flexibility index (Phi) is 7.84. The van der Waals surface area contributed by atoms with Gasteiger partial charge in [-0.1, -0.05) is 79.3 Å². The summed E-state index contributed by atoms with van der Waals surface area (Å²) in [5, 5.41) is 0.906. The van der Waals surface area contributed by atoms with Crippen molar-refractivity contribution in [2.75, 3.05) is 20.8 Å². The Labute approximate surface area is 194 Å². The highest BCUT2D eigenvalue weighted by atomic mass is 32.2. The number of alkyl halides is 1. The Hall–Kier alpha value is -1.93. The van der Waals surface area contributed by atoms with Crippen LogP contribution in [-0.2, 0) is 27.4 Å². The van der Waals surface area contributed by atoms with Crippen molar-refractivity contribution in [1.29, 1.82) is 0 Å². The standard InChI is InChI=1S/C25H31FN2O3S/c1-17-22(20(14-26)29-15-18-10-6-4-7-11-18)31-24-21(27-25(32-24)28(2)3)23(17)30-16-19-12-8-5-9-13-19/h4-13,17,20-24H,14-16H2,1-3H3/t17-,20?,21-,22+,23+,24-/m1/s1. The molecule has 2 aromatic rings. The average molecular weight is 459 g/mol. The lowest BCUT2D eigenvalue weighted by atomic mass is 9.87. The number of benzene rings is 2. The van der Waals surface area contributed by atoms with Gasteiger partial charge in [0.1, 0.15) is 24.3 Å². The van der Waals surface area contributed by atoms with Crippen molar-refractivity contribution in [3.8, 4) is 0 Å². The number of hydrogen-bond donors (Lipinski definition) is 0. The molecular formula is C25H31FN2O3S. The van der Waals surface area contributed by atoms with Gasteiger partial charge in [0.15, 0.2) is 5.17 Å². The normalized spacial score (nSPS) is 28.1. The largest absolute Gasteiger partial charge is 0.371 e. The molecule has 0 spiro atoms. The van der Waals surface area contributed by atoms with Crippen LogP contribution < -0.4 is 0 Å². The van der Waals surface area contributed by atoms with Crippen molar-refractivity contribution in [3.63, 3.8) is 0 Å². The number of halogens is 1. The molecule has 5 nitrogen and oxygen atoms in total. The van der Waals surface area contributed by atoms with Gasteiger partial charge >= 0.3 is 0 Å². The first-order valence-electron chi connectivity index (χ1n) is 11.0. The van der Waals surface area contributed by atoms with Gasteiger partial charge in [-0.05, 0) is 11.1 Å². The molecule has 2 aromatic carbocycles. The van der Waals surface area contributed by atoms with Crippen LogP contribution in [0.15, 0.2) is 65.7 Å². The maximum atomic E-state index is 14.2. The average Bonchev–Trinajstić information content (AvgIpc) is 3.25. The van der Waals surface area contributed by atoms with Gasteiger partial charge in [0.2, 0.25) is 0 Å². The summed E-state index contributed by atoms with van der Waals surface area (Å²) in [4.78, 5) is 6.87. The zero-order chi connectivity index (χ0) is 22.5. The first-order chi connectivity index (χ1) is 15.6. The zero-order valence-electron chi connectivity index (χ0n) is 18.8. The minimum Gasteiger partial charge on any atom is -0.371 e. The fraction of sp³-hybridized carbons (Fsp3) is 0.480. The quantitative estimate of drug-likeness (QED) is 0.582. The SMILES string of the molecule is C[C@H]1[C@H](OCc2ccccc2)[C@H]2N=C(N(C)C)S[C@H]2O[C@@H]1C(CF)OCc1ccccc1. The molecule has 1 fully saturated rings. The van der Waals surface area contributed by atoms with Crippen LogP contribution in [-0.4, -0.2) is 60.6 Å². The van der Waals surface area contributed by atoms with Crippen molar-refractivity contribution in [1.82, 2.24) is 4.90 Å². The third kappa shape index (κ3) is 5.34. The molecule has 2 heterocycles. The Morgan fingerprint density at radius 2 is 1.66 bits per heavy atom. The second kappa shape index (κ2) is 10.8. The molecule has 4 rings (SSSR count). The van der Waals surface area contributed by atoms with Gasteiger partial charge in [-0.25, -0.2) is 4.39 Å². The van der Waals surface area contributed by atoms with E-state index in [1.807, 2.05) is 79.7 Å². The summed E-state index contributed by atoms with van der Waals surface area (Å²) in [5.41, 5.74) is 1.89. The monoisotopic (exact) mass is 458 g/mol. The first-order valence-corrected chi connectivity index (χ1v) is 11.9. The minimum absolute atomic E-state index is 0.0812. The molecule has 6 atom stereocenters. The smallest absolute Gasteiger partial charge is 0.161 e. The summed E-state index contributed by atoms with van der Waals surface area (Å²) in [6.07, 6.45) is -1.29. The molecule has 2 aliphatic rings. The highest BCUT2D eigenvalue weighted by Gasteiger charge is 2.50. The predicted molar refractivity (Wildman–Crippen MR) is 126 cm³/mol. The third-order valence-electron chi connectivity index (χ3n) is 5.92. The lowest BCUT2D eigenvalue weighted by molar-refractivity contribution is -0.184. The van der Waals surface area contributed by atoms with Gasteiger partial charge in [-0.2, -0.15) is 0 Å². The van der Waals surface area contributed by atoms with Gasteiger partial charge < -0.3 is 19.1 Å². The molecule has 1 unspecified atom stereocenters. The van der Waals surface area contributed by atoms with E-state index in [0.717, 1.165) is 16.3 Å². The molecule has 172 valence electrons. The van der Waals surface area contributed by atoms with Crippen LogP contribution in [0.3, 0.4) is 0 Å². The van der Waals surface area contributed by atoms with Crippen LogP contribution in [0, 0.1) is 5.92 Å². The molecule has 0 bridgehead atoms. The molecule has 7 heteroatoms. The van der Waals surface area contributed by atoms with Crippen molar-refractivity contribution >= 4 is 16.9 Å². The summed E-state index contributed by atoms with van der Waals surface area (Å²) < 4.78 is 33.0. The molecule has 32 heavy (non-hydrogen) atoms. The van der Waals surface area contributed by atoms with Crippen LogP contribution in [0.2, 0.25) is 0 Å². The number of amidine groups is 1. The van der Waals surface area contributed by atoms with Crippen LogP contribution in [0.4, 0.5) is 4.39 Å². The molecule has 0 amide bonds. The lowest BCUT2D eigenvalue weighted by Gasteiger charge is -2.43. The molecule has 0 saturated carbocycles. The molecule has 0 N–H and O–H groups in total. The predicted octanol–water partition coefficient (Wildman–Crippen LogP) is 4.52. The highest BCUT2D eigenvalue weighted by molar-refractivity contribution is 8.14. The number of ether oxygens (including phenoxy) is 3. The van der Waals surface area contributed by atoms with E-state index in [4.69, 9.17) is 19.2 Å².